The summed E-state index contributed by atoms with van der Waals surface area (Å²) in [7, 11) is 0. The maximum absolute atomic E-state index is 11.2. The molecule has 5 heteroatoms. The van der Waals surface area contributed by atoms with Gasteiger partial charge in [-0.15, -0.1) is 0 Å². The van der Waals surface area contributed by atoms with E-state index in [-0.39, 0.29) is 0 Å². The lowest BCUT2D eigenvalue weighted by Crippen LogP contribution is -2.29. The standard InChI is InChI=1S/C12H19N3O2/c1-2-5-15-8-10(7-14-15)11(12(16)17)13-6-9-3-4-9/h7-9,11,13H,2-6H2,1H3,(H,16,17). The number of carboxylic acids is 1. The van der Waals surface area contributed by atoms with Crippen molar-refractivity contribution in [1.82, 2.24) is 15.1 Å². The van der Waals surface area contributed by atoms with Gasteiger partial charge in [-0.25, -0.2) is 0 Å². The molecule has 0 radical (unpaired) electrons. The first kappa shape index (κ1) is 12.1. The van der Waals surface area contributed by atoms with Gasteiger partial charge in [0.15, 0.2) is 0 Å². The van der Waals surface area contributed by atoms with Crippen molar-refractivity contribution in [3.05, 3.63) is 18.0 Å². The molecule has 1 aromatic rings. The summed E-state index contributed by atoms with van der Waals surface area (Å²) in [6.45, 7) is 3.69. The van der Waals surface area contributed by atoms with Crippen LogP contribution in [0.25, 0.3) is 0 Å². The Labute approximate surface area is 101 Å². The largest absolute Gasteiger partial charge is 0.480 e. The fourth-order valence-corrected chi connectivity index (χ4v) is 1.83. The predicted octanol–water partition coefficient (Wildman–Crippen LogP) is 1.42. The van der Waals surface area contributed by atoms with Gasteiger partial charge in [0.2, 0.25) is 0 Å². The van der Waals surface area contributed by atoms with Gasteiger partial charge in [0.05, 0.1) is 6.20 Å². The maximum Gasteiger partial charge on any atom is 0.325 e. The van der Waals surface area contributed by atoms with E-state index in [2.05, 4.69) is 17.3 Å². The van der Waals surface area contributed by atoms with Crippen molar-refractivity contribution < 1.29 is 9.90 Å². The van der Waals surface area contributed by atoms with Crippen molar-refractivity contribution in [2.45, 2.75) is 38.8 Å². The summed E-state index contributed by atoms with van der Waals surface area (Å²) in [6, 6.07) is -0.624. The smallest absolute Gasteiger partial charge is 0.325 e. The molecule has 0 spiro atoms. The first-order valence-corrected chi connectivity index (χ1v) is 6.19. The number of nitrogens with one attached hydrogen (secondary N) is 1. The highest BCUT2D eigenvalue weighted by Gasteiger charge is 2.26. The summed E-state index contributed by atoms with van der Waals surface area (Å²) in [5.41, 5.74) is 0.742. The van der Waals surface area contributed by atoms with Crippen LogP contribution in [0.4, 0.5) is 0 Å². The van der Waals surface area contributed by atoms with Crippen molar-refractivity contribution >= 4 is 5.97 Å². The van der Waals surface area contributed by atoms with E-state index in [9.17, 15) is 9.90 Å². The number of hydrogen-bond donors (Lipinski definition) is 2. The second-order valence-corrected chi connectivity index (χ2v) is 4.66. The third-order valence-corrected chi connectivity index (χ3v) is 2.99. The Balaban J connectivity index is 1.99. The third-order valence-electron chi connectivity index (χ3n) is 2.99. The molecule has 0 aliphatic heterocycles. The average molecular weight is 237 g/mol. The summed E-state index contributed by atoms with van der Waals surface area (Å²) in [4.78, 5) is 11.2. The maximum atomic E-state index is 11.2. The van der Waals surface area contributed by atoms with Crippen molar-refractivity contribution in [3.63, 3.8) is 0 Å². The minimum Gasteiger partial charge on any atom is -0.480 e. The molecular formula is C12H19N3O2. The first-order chi connectivity index (χ1) is 8.20. The SMILES string of the molecule is CCCn1cc(C(NCC2CC2)C(=O)O)cn1. The molecule has 17 heavy (non-hydrogen) atoms. The zero-order valence-electron chi connectivity index (χ0n) is 10.1. The number of carbonyl (C=O) groups is 1. The lowest BCUT2D eigenvalue weighted by molar-refractivity contribution is -0.139. The monoisotopic (exact) mass is 237 g/mol. The molecule has 1 aromatic heterocycles. The van der Waals surface area contributed by atoms with Crippen LogP contribution in [-0.4, -0.2) is 27.4 Å². The Morgan fingerprint density at radius 2 is 2.47 bits per heavy atom. The van der Waals surface area contributed by atoms with Crippen LogP contribution in [0.2, 0.25) is 0 Å². The molecular weight excluding hydrogens is 218 g/mol. The number of rotatable bonds is 7. The zero-order valence-corrected chi connectivity index (χ0v) is 10.1. The molecule has 0 aromatic carbocycles. The van der Waals surface area contributed by atoms with E-state index in [0.29, 0.717) is 5.92 Å². The van der Waals surface area contributed by atoms with Crippen molar-refractivity contribution in [2.24, 2.45) is 5.92 Å². The van der Waals surface area contributed by atoms with Gasteiger partial charge in [0.1, 0.15) is 6.04 Å². The molecule has 1 aliphatic rings. The van der Waals surface area contributed by atoms with E-state index in [4.69, 9.17) is 0 Å². The van der Waals surface area contributed by atoms with E-state index < -0.39 is 12.0 Å². The van der Waals surface area contributed by atoms with Crippen LogP contribution in [0, 0.1) is 5.92 Å². The molecule has 2 rings (SSSR count). The van der Waals surface area contributed by atoms with E-state index in [1.54, 1.807) is 10.9 Å². The van der Waals surface area contributed by atoms with Crippen LogP contribution in [-0.2, 0) is 11.3 Å². The summed E-state index contributed by atoms with van der Waals surface area (Å²) in [5, 5.41) is 16.5. The van der Waals surface area contributed by atoms with Crippen molar-refractivity contribution in [1.29, 1.82) is 0 Å². The molecule has 1 unspecified atom stereocenters. The van der Waals surface area contributed by atoms with Gasteiger partial charge in [0, 0.05) is 18.3 Å². The highest BCUT2D eigenvalue weighted by atomic mass is 16.4. The molecule has 1 aliphatic carbocycles. The van der Waals surface area contributed by atoms with E-state index >= 15 is 0 Å². The van der Waals surface area contributed by atoms with Crippen LogP contribution < -0.4 is 5.32 Å². The first-order valence-electron chi connectivity index (χ1n) is 6.19. The fourth-order valence-electron chi connectivity index (χ4n) is 1.83. The Morgan fingerprint density at radius 1 is 1.71 bits per heavy atom. The molecule has 0 saturated heterocycles. The molecule has 0 amide bonds. The van der Waals surface area contributed by atoms with Gasteiger partial charge < -0.3 is 10.4 Å². The fraction of sp³-hybridized carbons (Fsp3) is 0.667. The summed E-state index contributed by atoms with van der Waals surface area (Å²) in [5.74, 6) is -0.163. The van der Waals surface area contributed by atoms with Gasteiger partial charge in [-0.05, 0) is 31.7 Å². The Bertz CT molecular complexity index is 385. The van der Waals surface area contributed by atoms with E-state index in [0.717, 1.165) is 25.1 Å². The van der Waals surface area contributed by atoms with Crippen molar-refractivity contribution in [2.75, 3.05) is 6.54 Å². The summed E-state index contributed by atoms with van der Waals surface area (Å²) < 4.78 is 1.80. The van der Waals surface area contributed by atoms with E-state index in [1.807, 2.05) is 6.20 Å². The average Bonchev–Trinajstić information content (AvgIpc) is 2.99. The minimum atomic E-state index is -0.832. The predicted molar refractivity (Wildman–Crippen MR) is 63.6 cm³/mol. The lowest BCUT2D eigenvalue weighted by atomic mass is 10.1. The molecule has 94 valence electrons. The molecule has 1 saturated carbocycles. The third kappa shape index (κ3) is 3.30. The Kier molecular flexibility index (Phi) is 3.78. The summed E-state index contributed by atoms with van der Waals surface area (Å²) >= 11 is 0. The van der Waals surface area contributed by atoms with Gasteiger partial charge in [-0.2, -0.15) is 5.10 Å². The van der Waals surface area contributed by atoms with Crippen LogP contribution in [0.1, 0.15) is 37.8 Å². The number of nitrogens with zero attached hydrogens (tertiary/aromatic N) is 2. The molecule has 2 N–H and O–H groups in total. The summed E-state index contributed by atoms with van der Waals surface area (Å²) in [6.07, 6.45) is 6.90. The second kappa shape index (κ2) is 5.31. The highest BCUT2D eigenvalue weighted by molar-refractivity contribution is 5.75. The quantitative estimate of drug-likeness (QED) is 0.752. The van der Waals surface area contributed by atoms with Crippen LogP contribution in [0.5, 0.6) is 0 Å². The number of aromatic nitrogens is 2. The molecule has 1 atom stereocenters. The van der Waals surface area contributed by atoms with Gasteiger partial charge >= 0.3 is 5.97 Å². The number of aryl methyl sites for hydroxylation is 1. The zero-order chi connectivity index (χ0) is 12.3. The molecule has 0 bridgehead atoms. The number of aliphatic carboxylic acids is 1. The van der Waals surface area contributed by atoms with Crippen LogP contribution in [0.15, 0.2) is 12.4 Å². The van der Waals surface area contributed by atoms with Gasteiger partial charge in [-0.3, -0.25) is 9.48 Å². The number of carboxylic acid groups (broad SMARTS) is 1. The lowest BCUT2D eigenvalue weighted by Gasteiger charge is -2.12. The van der Waals surface area contributed by atoms with Gasteiger partial charge in [-0.1, -0.05) is 6.92 Å². The number of hydrogen-bond acceptors (Lipinski definition) is 3. The Hall–Kier alpha value is -1.36. The van der Waals surface area contributed by atoms with Crippen LogP contribution >= 0.6 is 0 Å². The highest BCUT2D eigenvalue weighted by Crippen LogP contribution is 2.28. The second-order valence-electron chi connectivity index (χ2n) is 4.66. The molecule has 5 nitrogen and oxygen atoms in total. The minimum absolute atomic E-state index is 0.624. The van der Waals surface area contributed by atoms with Crippen LogP contribution in [0.3, 0.4) is 0 Å². The normalized spacial score (nSPS) is 17.0. The van der Waals surface area contributed by atoms with E-state index in [1.165, 1.54) is 12.8 Å². The Morgan fingerprint density at radius 3 is 3.06 bits per heavy atom. The molecule has 1 fully saturated rings. The molecule has 1 heterocycles. The van der Waals surface area contributed by atoms with Crippen molar-refractivity contribution in [3.8, 4) is 0 Å². The van der Waals surface area contributed by atoms with Gasteiger partial charge in [0.25, 0.3) is 0 Å². The topological polar surface area (TPSA) is 67.2 Å².